The highest BCUT2D eigenvalue weighted by Gasteiger charge is 2.11. The summed E-state index contributed by atoms with van der Waals surface area (Å²) in [6, 6.07) is 2.07. The fourth-order valence-electron chi connectivity index (χ4n) is 1.97. The van der Waals surface area contributed by atoms with Gasteiger partial charge in [0.25, 0.3) is 6.01 Å². The predicted molar refractivity (Wildman–Crippen MR) is 73.0 cm³/mol. The number of anilines is 1. The van der Waals surface area contributed by atoms with Crippen LogP contribution in [-0.2, 0) is 6.54 Å². The fourth-order valence-corrected chi connectivity index (χ4v) is 1.97. The van der Waals surface area contributed by atoms with E-state index in [1.807, 2.05) is 29.6 Å². The number of hydrogen-bond acceptors (Lipinski definition) is 4. The van der Waals surface area contributed by atoms with Crippen LogP contribution >= 0.6 is 0 Å². The minimum absolute atomic E-state index is 0.0597. The molecule has 5 nitrogen and oxygen atoms in total. The Kier molecular flexibility index (Phi) is 3.69. The van der Waals surface area contributed by atoms with Crippen molar-refractivity contribution in [2.24, 2.45) is 0 Å². The van der Waals surface area contributed by atoms with E-state index in [0.29, 0.717) is 5.65 Å². The van der Waals surface area contributed by atoms with Crippen molar-refractivity contribution in [3.05, 3.63) is 12.3 Å². The Morgan fingerprint density at radius 2 is 2.11 bits per heavy atom. The molecule has 0 fully saturated rings. The summed E-state index contributed by atoms with van der Waals surface area (Å²) in [5, 5.41) is 9.86. The number of unbranched alkanes of at least 4 members (excludes halogenated alkanes) is 2. The highest BCUT2D eigenvalue weighted by atomic mass is 16.3. The quantitative estimate of drug-likeness (QED) is 0.825. The normalized spacial score (nSPS) is 11.1. The lowest BCUT2D eigenvalue weighted by Gasteiger charge is -2.12. The van der Waals surface area contributed by atoms with Gasteiger partial charge in [-0.2, -0.15) is 4.98 Å². The predicted octanol–water partition coefficient (Wildman–Crippen LogP) is 2.39. The summed E-state index contributed by atoms with van der Waals surface area (Å²) in [4.78, 5) is 10.4. The van der Waals surface area contributed by atoms with Gasteiger partial charge in [-0.25, -0.2) is 4.98 Å². The van der Waals surface area contributed by atoms with E-state index in [0.717, 1.165) is 37.0 Å². The Bertz CT molecular complexity index is 533. The van der Waals surface area contributed by atoms with Gasteiger partial charge in [-0.05, 0) is 12.5 Å². The first-order valence-corrected chi connectivity index (χ1v) is 6.36. The van der Waals surface area contributed by atoms with Gasteiger partial charge in [-0.15, -0.1) is 0 Å². The number of aromatic hydroxyl groups is 1. The second-order valence-corrected chi connectivity index (χ2v) is 4.70. The standard InChI is InChI=1S/C13H20N4O/c1-4-5-6-7-17-11-8-10(16(2)3)9-14-12(11)15-13(17)18/h8-9H,4-7H2,1-3H3,(H,14,15,18). The smallest absolute Gasteiger partial charge is 0.296 e. The second kappa shape index (κ2) is 5.25. The zero-order chi connectivity index (χ0) is 13.1. The summed E-state index contributed by atoms with van der Waals surface area (Å²) < 4.78 is 1.84. The van der Waals surface area contributed by atoms with Crippen molar-refractivity contribution in [1.82, 2.24) is 14.5 Å². The number of aryl methyl sites for hydroxylation is 1. The Morgan fingerprint density at radius 3 is 2.78 bits per heavy atom. The van der Waals surface area contributed by atoms with Gasteiger partial charge in [-0.3, -0.25) is 4.57 Å². The van der Waals surface area contributed by atoms with E-state index in [1.165, 1.54) is 0 Å². The highest BCUT2D eigenvalue weighted by molar-refractivity contribution is 5.76. The maximum atomic E-state index is 9.86. The average Bonchev–Trinajstić information content (AvgIpc) is 2.65. The molecule has 0 aromatic carbocycles. The minimum atomic E-state index is 0.0597. The maximum absolute atomic E-state index is 9.86. The molecule has 0 saturated carbocycles. The monoisotopic (exact) mass is 248 g/mol. The lowest BCUT2D eigenvalue weighted by atomic mass is 10.2. The molecule has 98 valence electrons. The van der Waals surface area contributed by atoms with E-state index in [9.17, 15) is 5.11 Å². The van der Waals surface area contributed by atoms with E-state index >= 15 is 0 Å². The van der Waals surface area contributed by atoms with Gasteiger partial charge in [0.1, 0.15) is 0 Å². The third-order valence-electron chi connectivity index (χ3n) is 3.07. The Labute approximate surface area is 107 Å². The molecule has 0 aliphatic heterocycles. The first-order valence-electron chi connectivity index (χ1n) is 6.36. The third-order valence-corrected chi connectivity index (χ3v) is 3.07. The molecule has 2 rings (SSSR count). The van der Waals surface area contributed by atoms with E-state index in [-0.39, 0.29) is 6.01 Å². The minimum Gasteiger partial charge on any atom is -0.480 e. The van der Waals surface area contributed by atoms with Crippen molar-refractivity contribution in [3.63, 3.8) is 0 Å². The molecule has 1 N–H and O–H groups in total. The van der Waals surface area contributed by atoms with Crippen molar-refractivity contribution in [1.29, 1.82) is 0 Å². The number of fused-ring (bicyclic) bond motifs is 1. The number of hydrogen-bond donors (Lipinski definition) is 1. The number of pyridine rings is 1. The van der Waals surface area contributed by atoms with Gasteiger partial charge in [0.2, 0.25) is 0 Å². The molecule has 2 aromatic rings. The molecule has 2 heterocycles. The molecule has 0 radical (unpaired) electrons. The zero-order valence-corrected chi connectivity index (χ0v) is 11.2. The van der Waals surface area contributed by atoms with Crippen LogP contribution in [0.2, 0.25) is 0 Å². The lowest BCUT2D eigenvalue weighted by Crippen LogP contribution is -2.09. The van der Waals surface area contributed by atoms with Crippen molar-refractivity contribution in [2.75, 3.05) is 19.0 Å². The van der Waals surface area contributed by atoms with Gasteiger partial charge in [-0.1, -0.05) is 19.8 Å². The van der Waals surface area contributed by atoms with Crippen LogP contribution in [-0.4, -0.2) is 33.7 Å². The Hall–Kier alpha value is -1.78. The van der Waals surface area contributed by atoms with E-state index in [4.69, 9.17) is 0 Å². The summed E-state index contributed by atoms with van der Waals surface area (Å²) >= 11 is 0. The topological polar surface area (TPSA) is 54.2 Å². The molecule has 2 aromatic heterocycles. The van der Waals surface area contributed by atoms with Crippen molar-refractivity contribution < 1.29 is 5.11 Å². The first kappa shape index (κ1) is 12.7. The SMILES string of the molecule is CCCCCn1c(O)nc2ncc(N(C)C)cc21. The number of rotatable bonds is 5. The van der Waals surface area contributed by atoms with Gasteiger partial charge >= 0.3 is 0 Å². The molecule has 0 aliphatic rings. The summed E-state index contributed by atoms with van der Waals surface area (Å²) in [7, 11) is 3.95. The van der Waals surface area contributed by atoms with Crippen LogP contribution in [0.3, 0.4) is 0 Å². The first-order chi connectivity index (χ1) is 8.63. The molecule has 0 saturated heterocycles. The molecular weight excluding hydrogens is 228 g/mol. The number of aromatic nitrogens is 3. The number of nitrogens with zero attached hydrogens (tertiary/aromatic N) is 4. The summed E-state index contributed by atoms with van der Waals surface area (Å²) in [5.74, 6) is 0. The van der Waals surface area contributed by atoms with Crippen molar-refractivity contribution in [2.45, 2.75) is 32.7 Å². The maximum Gasteiger partial charge on any atom is 0.296 e. The van der Waals surface area contributed by atoms with E-state index < -0.39 is 0 Å². The van der Waals surface area contributed by atoms with Crippen LogP contribution in [0.1, 0.15) is 26.2 Å². The molecule has 0 spiro atoms. The van der Waals surface area contributed by atoms with Crippen LogP contribution in [0.4, 0.5) is 5.69 Å². The molecular formula is C13H20N4O. The fraction of sp³-hybridized carbons (Fsp3) is 0.538. The molecule has 5 heteroatoms. The summed E-state index contributed by atoms with van der Waals surface area (Å²) in [5.41, 5.74) is 2.52. The summed E-state index contributed by atoms with van der Waals surface area (Å²) in [6.07, 6.45) is 5.13. The third kappa shape index (κ3) is 2.39. The van der Waals surface area contributed by atoms with Crippen LogP contribution in [0, 0.1) is 0 Å². The Balaban J connectivity index is 2.37. The van der Waals surface area contributed by atoms with Crippen molar-refractivity contribution >= 4 is 16.9 Å². The van der Waals surface area contributed by atoms with E-state index in [2.05, 4.69) is 16.9 Å². The molecule has 0 bridgehead atoms. The van der Waals surface area contributed by atoms with Gasteiger partial charge in [0, 0.05) is 20.6 Å². The second-order valence-electron chi connectivity index (χ2n) is 4.70. The van der Waals surface area contributed by atoms with Crippen LogP contribution < -0.4 is 4.90 Å². The number of imidazole rings is 1. The molecule has 0 amide bonds. The molecule has 0 unspecified atom stereocenters. The largest absolute Gasteiger partial charge is 0.480 e. The van der Waals surface area contributed by atoms with Gasteiger partial charge < -0.3 is 10.0 Å². The average molecular weight is 248 g/mol. The van der Waals surface area contributed by atoms with Crippen LogP contribution in [0.15, 0.2) is 12.3 Å². The summed E-state index contributed by atoms with van der Waals surface area (Å²) in [6.45, 7) is 2.95. The molecule has 18 heavy (non-hydrogen) atoms. The van der Waals surface area contributed by atoms with Gasteiger partial charge in [0.15, 0.2) is 5.65 Å². The highest BCUT2D eigenvalue weighted by Crippen LogP contribution is 2.23. The van der Waals surface area contributed by atoms with Crippen LogP contribution in [0.5, 0.6) is 6.01 Å². The molecule has 0 atom stereocenters. The lowest BCUT2D eigenvalue weighted by molar-refractivity contribution is 0.397. The van der Waals surface area contributed by atoms with Crippen molar-refractivity contribution in [3.8, 4) is 6.01 Å². The van der Waals surface area contributed by atoms with Crippen LogP contribution in [0.25, 0.3) is 11.2 Å². The molecule has 0 aliphatic carbocycles. The Morgan fingerprint density at radius 1 is 1.33 bits per heavy atom. The zero-order valence-electron chi connectivity index (χ0n) is 11.2. The van der Waals surface area contributed by atoms with E-state index in [1.54, 1.807) is 6.20 Å². The van der Waals surface area contributed by atoms with Gasteiger partial charge in [0.05, 0.1) is 17.4 Å².